The van der Waals surface area contributed by atoms with Gasteiger partial charge in [0.15, 0.2) is 0 Å². The van der Waals surface area contributed by atoms with Crippen molar-refractivity contribution in [1.82, 2.24) is 0 Å². The Morgan fingerprint density at radius 3 is 2.53 bits per heavy atom. The standard InChI is InChI=1S/C16H19FN2/c1-12-5-3-4-6-13(12)11-19(2)16-8-7-15(17)9-14(16)10-18/h3-9H,10-11,18H2,1-2H3. The van der Waals surface area contributed by atoms with Gasteiger partial charge in [0.25, 0.3) is 0 Å². The van der Waals surface area contributed by atoms with E-state index >= 15 is 0 Å². The molecule has 0 atom stereocenters. The second kappa shape index (κ2) is 5.85. The summed E-state index contributed by atoms with van der Waals surface area (Å²) >= 11 is 0. The average Bonchev–Trinajstić information content (AvgIpc) is 2.41. The number of nitrogens with two attached hydrogens (primary N) is 1. The number of rotatable bonds is 4. The fourth-order valence-corrected chi connectivity index (χ4v) is 2.22. The molecule has 2 nitrogen and oxygen atoms in total. The number of nitrogens with zero attached hydrogens (tertiary/aromatic N) is 1. The van der Waals surface area contributed by atoms with Crippen LogP contribution < -0.4 is 10.6 Å². The molecule has 0 bridgehead atoms. The number of halogens is 1. The van der Waals surface area contributed by atoms with Crippen LogP contribution in [0.3, 0.4) is 0 Å². The van der Waals surface area contributed by atoms with E-state index in [-0.39, 0.29) is 5.82 Å². The molecular formula is C16H19FN2. The zero-order chi connectivity index (χ0) is 13.8. The van der Waals surface area contributed by atoms with Gasteiger partial charge in [-0.3, -0.25) is 0 Å². The lowest BCUT2D eigenvalue weighted by Gasteiger charge is -2.23. The maximum Gasteiger partial charge on any atom is 0.123 e. The first-order chi connectivity index (χ1) is 9.11. The molecule has 0 aromatic heterocycles. The van der Waals surface area contributed by atoms with Crippen LogP contribution in [0.4, 0.5) is 10.1 Å². The van der Waals surface area contributed by atoms with Crippen LogP contribution in [-0.4, -0.2) is 7.05 Å². The molecule has 0 unspecified atom stereocenters. The van der Waals surface area contributed by atoms with E-state index in [9.17, 15) is 4.39 Å². The molecule has 0 saturated carbocycles. The predicted octanol–water partition coefficient (Wildman–Crippen LogP) is 3.23. The largest absolute Gasteiger partial charge is 0.370 e. The molecule has 2 aromatic rings. The van der Waals surface area contributed by atoms with E-state index < -0.39 is 0 Å². The molecule has 2 N–H and O–H groups in total. The first kappa shape index (κ1) is 13.6. The van der Waals surface area contributed by atoms with Crippen LogP contribution >= 0.6 is 0 Å². The van der Waals surface area contributed by atoms with Crippen LogP contribution in [0.5, 0.6) is 0 Å². The van der Waals surface area contributed by atoms with E-state index in [0.29, 0.717) is 6.54 Å². The topological polar surface area (TPSA) is 29.3 Å². The summed E-state index contributed by atoms with van der Waals surface area (Å²) < 4.78 is 13.2. The van der Waals surface area contributed by atoms with Crippen molar-refractivity contribution < 1.29 is 4.39 Å². The van der Waals surface area contributed by atoms with Crippen LogP contribution in [0.15, 0.2) is 42.5 Å². The Bertz CT molecular complexity index is 566. The molecule has 0 aliphatic carbocycles. The fourth-order valence-electron chi connectivity index (χ4n) is 2.22. The molecule has 0 heterocycles. The lowest BCUT2D eigenvalue weighted by molar-refractivity contribution is 0.625. The molecule has 0 radical (unpaired) electrons. The Morgan fingerprint density at radius 1 is 1.11 bits per heavy atom. The molecule has 100 valence electrons. The van der Waals surface area contributed by atoms with E-state index in [1.54, 1.807) is 6.07 Å². The number of hydrogen-bond donors (Lipinski definition) is 1. The number of anilines is 1. The Kier molecular flexibility index (Phi) is 4.17. The highest BCUT2D eigenvalue weighted by Crippen LogP contribution is 2.22. The molecule has 19 heavy (non-hydrogen) atoms. The maximum absolute atomic E-state index is 13.2. The van der Waals surface area contributed by atoms with Crippen molar-refractivity contribution in [2.45, 2.75) is 20.0 Å². The van der Waals surface area contributed by atoms with Gasteiger partial charge in [-0.05, 0) is 41.8 Å². The zero-order valence-electron chi connectivity index (χ0n) is 11.4. The third-order valence-electron chi connectivity index (χ3n) is 3.34. The van der Waals surface area contributed by atoms with Gasteiger partial charge < -0.3 is 10.6 Å². The minimum atomic E-state index is -0.242. The molecular weight excluding hydrogens is 239 g/mol. The van der Waals surface area contributed by atoms with Crippen LogP contribution in [0.25, 0.3) is 0 Å². The zero-order valence-corrected chi connectivity index (χ0v) is 11.4. The highest BCUT2D eigenvalue weighted by atomic mass is 19.1. The summed E-state index contributed by atoms with van der Waals surface area (Å²) in [5.41, 5.74) is 10.0. The Morgan fingerprint density at radius 2 is 1.84 bits per heavy atom. The number of hydrogen-bond acceptors (Lipinski definition) is 2. The first-order valence-electron chi connectivity index (χ1n) is 6.36. The fraction of sp³-hybridized carbons (Fsp3) is 0.250. The summed E-state index contributed by atoms with van der Waals surface area (Å²) in [6.45, 7) is 3.22. The molecule has 2 rings (SSSR count). The third-order valence-corrected chi connectivity index (χ3v) is 3.34. The van der Waals surface area contributed by atoms with Crippen LogP contribution in [-0.2, 0) is 13.1 Å². The summed E-state index contributed by atoms with van der Waals surface area (Å²) in [5.74, 6) is -0.242. The van der Waals surface area contributed by atoms with Gasteiger partial charge in [0.2, 0.25) is 0 Å². The van der Waals surface area contributed by atoms with Crippen molar-refractivity contribution >= 4 is 5.69 Å². The molecule has 0 saturated heterocycles. The number of benzene rings is 2. The summed E-state index contributed by atoms with van der Waals surface area (Å²) in [6.07, 6.45) is 0. The minimum absolute atomic E-state index is 0.242. The van der Waals surface area contributed by atoms with E-state index in [1.807, 2.05) is 19.2 Å². The second-order valence-corrected chi connectivity index (χ2v) is 4.76. The van der Waals surface area contributed by atoms with E-state index in [4.69, 9.17) is 5.73 Å². The normalized spacial score (nSPS) is 10.5. The van der Waals surface area contributed by atoms with Crippen molar-refractivity contribution in [3.63, 3.8) is 0 Å². The van der Waals surface area contributed by atoms with Gasteiger partial charge >= 0.3 is 0 Å². The van der Waals surface area contributed by atoms with E-state index in [1.165, 1.54) is 23.3 Å². The molecule has 3 heteroatoms. The lowest BCUT2D eigenvalue weighted by atomic mass is 10.1. The van der Waals surface area contributed by atoms with Crippen molar-refractivity contribution in [1.29, 1.82) is 0 Å². The molecule has 0 aliphatic heterocycles. The third kappa shape index (κ3) is 3.12. The quantitative estimate of drug-likeness (QED) is 0.912. The van der Waals surface area contributed by atoms with Crippen LogP contribution in [0.1, 0.15) is 16.7 Å². The van der Waals surface area contributed by atoms with Gasteiger partial charge in [-0.15, -0.1) is 0 Å². The second-order valence-electron chi connectivity index (χ2n) is 4.76. The van der Waals surface area contributed by atoms with Crippen molar-refractivity contribution in [2.75, 3.05) is 11.9 Å². The average molecular weight is 258 g/mol. The van der Waals surface area contributed by atoms with Crippen molar-refractivity contribution in [3.8, 4) is 0 Å². The Labute approximate surface area is 113 Å². The number of aryl methyl sites for hydroxylation is 1. The monoisotopic (exact) mass is 258 g/mol. The van der Waals surface area contributed by atoms with Gasteiger partial charge in [0.1, 0.15) is 5.82 Å². The predicted molar refractivity (Wildman–Crippen MR) is 77.6 cm³/mol. The van der Waals surface area contributed by atoms with Crippen molar-refractivity contribution in [2.24, 2.45) is 5.73 Å². The van der Waals surface area contributed by atoms with Crippen LogP contribution in [0, 0.1) is 12.7 Å². The molecule has 0 aliphatic rings. The van der Waals surface area contributed by atoms with Gasteiger partial charge in [0, 0.05) is 25.8 Å². The molecule has 0 spiro atoms. The van der Waals surface area contributed by atoms with E-state index in [2.05, 4.69) is 24.0 Å². The summed E-state index contributed by atoms with van der Waals surface area (Å²) in [4.78, 5) is 2.10. The smallest absolute Gasteiger partial charge is 0.123 e. The lowest BCUT2D eigenvalue weighted by Crippen LogP contribution is -2.19. The SMILES string of the molecule is Cc1ccccc1CN(C)c1ccc(F)cc1CN. The molecule has 0 amide bonds. The van der Waals surface area contributed by atoms with Crippen LogP contribution in [0.2, 0.25) is 0 Å². The van der Waals surface area contributed by atoms with Gasteiger partial charge in [-0.2, -0.15) is 0 Å². The molecule has 0 fully saturated rings. The minimum Gasteiger partial charge on any atom is -0.370 e. The van der Waals surface area contributed by atoms with Gasteiger partial charge in [-0.25, -0.2) is 4.39 Å². The highest BCUT2D eigenvalue weighted by Gasteiger charge is 2.09. The summed E-state index contributed by atoms with van der Waals surface area (Å²) in [5, 5.41) is 0. The molecule has 2 aromatic carbocycles. The first-order valence-corrected chi connectivity index (χ1v) is 6.36. The summed E-state index contributed by atoms with van der Waals surface area (Å²) in [7, 11) is 2.00. The van der Waals surface area contributed by atoms with Gasteiger partial charge in [-0.1, -0.05) is 24.3 Å². The maximum atomic E-state index is 13.2. The summed E-state index contributed by atoms with van der Waals surface area (Å²) in [6, 6.07) is 13.0. The highest BCUT2D eigenvalue weighted by molar-refractivity contribution is 5.53. The van der Waals surface area contributed by atoms with E-state index in [0.717, 1.165) is 17.8 Å². The van der Waals surface area contributed by atoms with Gasteiger partial charge in [0.05, 0.1) is 0 Å². The Hall–Kier alpha value is -1.87. The Balaban J connectivity index is 2.25. The van der Waals surface area contributed by atoms with Crippen molar-refractivity contribution in [3.05, 3.63) is 65.0 Å².